The highest BCUT2D eigenvalue weighted by molar-refractivity contribution is 5.79. The fourth-order valence-corrected chi connectivity index (χ4v) is 3.30. The Labute approximate surface area is 163 Å². The Bertz CT molecular complexity index is 917. The predicted molar refractivity (Wildman–Crippen MR) is 105 cm³/mol. The van der Waals surface area contributed by atoms with Crippen molar-refractivity contribution in [3.63, 3.8) is 0 Å². The van der Waals surface area contributed by atoms with Crippen molar-refractivity contribution in [2.24, 2.45) is 0 Å². The first-order valence-electron chi connectivity index (χ1n) is 9.24. The van der Waals surface area contributed by atoms with Gasteiger partial charge in [-0.15, -0.1) is 0 Å². The number of piperazine rings is 1. The van der Waals surface area contributed by atoms with E-state index in [4.69, 9.17) is 4.74 Å². The molecule has 4 rings (SSSR count). The lowest BCUT2D eigenvalue weighted by atomic mass is 10.1. The number of nitrogens with zero attached hydrogens (tertiary/aromatic N) is 6. The molecule has 1 amide bonds. The molecule has 0 spiro atoms. The van der Waals surface area contributed by atoms with Gasteiger partial charge in [0.25, 0.3) is 0 Å². The number of tetrazole rings is 1. The summed E-state index contributed by atoms with van der Waals surface area (Å²) in [6, 6.07) is 17.4. The maximum absolute atomic E-state index is 12.6. The third-order valence-electron chi connectivity index (χ3n) is 4.88. The van der Waals surface area contributed by atoms with E-state index < -0.39 is 0 Å². The zero-order valence-electron chi connectivity index (χ0n) is 15.7. The first-order chi connectivity index (χ1) is 13.7. The van der Waals surface area contributed by atoms with Gasteiger partial charge in [-0.25, -0.2) is 0 Å². The molecule has 28 heavy (non-hydrogen) atoms. The third-order valence-corrected chi connectivity index (χ3v) is 4.88. The van der Waals surface area contributed by atoms with Gasteiger partial charge in [0.15, 0.2) is 0 Å². The Morgan fingerprint density at radius 2 is 1.71 bits per heavy atom. The van der Waals surface area contributed by atoms with E-state index >= 15 is 0 Å². The van der Waals surface area contributed by atoms with Crippen molar-refractivity contribution < 1.29 is 9.53 Å². The Morgan fingerprint density at radius 1 is 1.00 bits per heavy atom. The van der Waals surface area contributed by atoms with E-state index in [1.807, 2.05) is 59.5 Å². The van der Waals surface area contributed by atoms with Crippen LogP contribution in [-0.4, -0.2) is 64.3 Å². The molecule has 8 heteroatoms. The van der Waals surface area contributed by atoms with Crippen LogP contribution in [0.3, 0.4) is 0 Å². The summed E-state index contributed by atoms with van der Waals surface area (Å²) in [5, 5.41) is 12.1. The van der Waals surface area contributed by atoms with Crippen LogP contribution >= 0.6 is 0 Å². The number of methoxy groups -OCH3 is 1. The monoisotopic (exact) mass is 378 g/mol. The Morgan fingerprint density at radius 3 is 2.39 bits per heavy atom. The molecule has 0 N–H and O–H groups in total. The Hall–Kier alpha value is -3.42. The smallest absolute Gasteiger partial charge is 0.250 e. The van der Waals surface area contributed by atoms with E-state index in [2.05, 4.69) is 20.4 Å². The van der Waals surface area contributed by atoms with Gasteiger partial charge >= 0.3 is 0 Å². The first-order valence-corrected chi connectivity index (χ1v) is 9.24. The highest BCUT2D eigenvalue weighted by atomic mass is 16.5. The molecular weight excluding hydrogens is 356 g/mol. The van der Waals surface area contributed by atoms with Crippen LogP contribution in [0.25, 0.3) is 5.69 Å². The topological polar surface area (TPSA) is 76.4 Å². The average molecular weight is 378 g/mol. The van der Waals surface area contributed by atoms with Crippen molar-refractivity contribution >= 4 is 11.9 Å². The largest absolute Gasteiger partial charge is 0.497 e. The number of carbonyl (C=O) groups is 1. The van der Waals surface area contributed by atoms with Crippen molar-refractivity contribution in [1.29, 1.82) is 0 Å². The molecule has 0 atom stereocenters. The molecule has 1 saturated heterocycles. The van der Waals surface area contributed by atoms with Gasteiger partial charge in [-0.2, -0.15) is 4.68 Å². The van der Waals surface area contributed by atoms with Gasteiger partial charge in [0.05, 0.1) is 19.2 Å². The van der Waals surface area contributed by atoms with Crippen LogP contribution in [0.15, 0.2) is 54.6 Å². The highest BCUT2D eigenvalue weighted by Gasteiger charge is 2.24. The maximum Gasteiger partial charge on any atom is 0.250 e. The lowest BCUT2D eigenvalue weighted by molar-refractivity contribution is -0.130. The number of rotatable bonds is 5. The second-order valence-electron chi connectivity index (χ2n) is 6.62. The van der Waals surface area contributed by atoms with Crippen LogP contribution in [0.4, 0.5) is 5.95 Å². The summed E-state index contributed by atoms with van der Waals surface area (Å²) in [5.41, 5.74) is 1.90. The molecule has 1 fully saturated rings. The van der Waals surface area contributed by atoms with Gasteiger partial charge in [-0.05, 0) is 40.3 Å². The van der Waals surface area contributed by atoms with Gasteiger partial charge in [0.1, 0.15) is 5.75 Å². The zero-order valence-corrected chi connectivity index (χ0v) is 15.7. The number of benzene rings is 2. The van der Waals surface area contributed by atoms with Gasteiger partial charge in [0, 0.05) is 26.2 Å². The van der Waals surface area contributed by atoms with Crippen molar-refractivity contribution in [3.05, 3.63) is 60.2 Å². The minimum atomic E-state index is 0.132. The van der Waals surface area contributed by atoms with Crippen molar-refractivity contribution in [2.75, 3.05) is 38.2 Å². The Kier molecular flexibility index (Phi) is 5.18. The SMILES string of the molecule is COc1ccc(CC(=O)N2CCN(c3nnnn3-c3ccccc3)CC2)cc1. The fourth-order valence-electron chi connectivity index (χ4n) is 3.30. The minimum absolute atomic E-state index is 0.132. The molecule has 0 unspecified atom stereocenters. The van der Waals surface area contributed by atoms with E-state index in [-0.39, 0.29) is 5.91 Å². The summed E-state index contributed by atoms with van der Waals surface area (Å²) in [7, 11) is 1.63. The molecule has 144 valence electrons. The van der Waals surface area contributed by atoms with Crippen LogP contribution in [0.2, 0.25) is 0 Å². The van der Waals surface area contributed by atoms with E-state index in [9.17, 15) is 4.79 Å². The van der Waals surface area contributed by atoms with Gasteiger partial charge < -0.3 is 14.5 Å². The van der Waals surface area contributed by atoms with Crippen LogP contribution in [0.1, 0.15) is 5.56 Å². The number of carbonyl (C=O) groups excluding carboxylic acids is 1. The Balaban J connectivity index is 1.37. The summed E-state index contributed by atoms with van der Waals surface area (Å²) < 4.78 is 6.89. The summed E-state index contributed by atoms with van der Waals surface area (Å²) >= 11 is 0. The van der Waals surface area contributed by atoms with E-state index in [1.54, 1.807) is 11.8 Å². The molecule has 0 bridgehead atoms. The standard InChI is InChI=1S/C20H22N6O2/c1-28-18-9-7-16(8-10-18)15-19(27)24-11-13-25(14-12-24)20-21-22-23-26(20)17-5-3-2-4-6-17/h2-10H,11-15H2,1H3. The molecule has 0 radical (unpaired) electrons. The van der Waals surface area contributed by atoms with Crippen LogP contribution in [0, 0.1) is 0 Å². The number of para-hydroxylation sites is 1. The normalized spacial score (nSPS) is 14.2. The lowest BCUT2D eigenvalue weighted by Gasteiger charge is -2.34. The third kappa shape index (κ3) is 3.80. The zero-order chi connectivity index (χ0) is 19.3. The number of hydrogen-bond donors (Lipinski definition) is 0. The molecular formula is C20H22N6O2. The maximum atomic E-state index is 12.6. The molecule has 1 aliphatic heterocycles. The number of aromatic nitrogens is 4. The number of anilines is 1. The number of amides is 1. The summed E-state index contributed by atoms with van der Waals surface area (Å²) in [6.07, 6.45) is 0.395. The molecule has 1 aliphatic rings. The van der Waals surface area contributed by atoms with Gasteiger partial charge in [-0.3, -0.25) is 4.79 Å². The van der Waals surface area contributed by atoms with E-state index in [0.29, 0.717) is 38.5 Å². The molecule has 0 aliphatic carbocycles. The highest BCUT2D eigenvalue weighted by Crippen LogP contribution is 2.18. The number of ether oxygens (including phenoxy) is 1. The molecule has 2 aromatic carbocycles. The summed E-state index contributed by atoms with van der Waals surface area (Å²) in [4.78, 5) is 16.6. The fraction of sp³-hybridized carbons (Fsp3) is 0.300. The van der Waals surface area contributed by atoms with Gasteiger partial charge in [-0.1, -0.05) is 35.4 Å². The van der Waals surface area contributed by atoms with Crippen molar-refractivity contribution in [2.45, 2.75) is 6.42 Å². The second-order valence-corrected chi connectivity index (χ2v) is 6.62. The lowest BCUT2D eigenvalue weighted by Crippen LogP contribution is -2.50. The van der Waals surface area contributed by atoms with E-state index in [0.717, 1.165) is 17.0 Å². The second kappa shape index (κ2) is 8.08. The molecule has 3 aromatic rings. The molecule has 1 aromatic heterocycles. The summed E-state index contributed by atoms with van der Waals surface area (Å²) in [5.74, 6) is 1.63. The minimum Gasteiger partial charge on any atom is -0.497 e. The van der Waals surface area contributed by atoms with Crippen LogP contribution in [-0.2, 0) is 11.2 Å². The van der Waals surface area contributed by atoms with E-state index in [1.165, 1.54) is 0 Å². The quantitative estimate of drug-likeness (QED) is 0.671. The number of hydrogen-bond acceptors (Lipinski definition) is 6. The van der Waals surface area contributed by atoms with Gasteiger partial charge in [0.2, 0.25) is 11.9 Å². The van der Waals surface area contributed by atoms with Crippen molar-refractivity contribution in [1.82, 2.24) is 25.1 Å². The van der Waals surface area contributed by atoms with Crippen LogP contribution < -0.4 is 9.64 Å². The first kappa shape index (κ1) is 18.0. The van der Waals surface area contributed by atoms with Crippen molar-refractivity contribution in [3.8, 4) is 11.4 Å². The molecule has 2 heterocycles. The molecule has 0 saturated carbocycles. The average Bonchev–Trinajstić information content (AvgIpc) is 3.25. The molecule has 8 nitrogen and oxygen atoms in total. The predicted octanol–water partition coefficient (Wildman–Crippen LogP) is 1.56. The van der Waals surface area contributed by atoms with Crippen LogP contribution in [0.5, 0.6) is 5.75 Å². The summed E-state index contributed by atoms with van der Waals surface area (Å²) in [6.45, 7) is 2.69.